The lowest BCUT2D eigenvalue weighted by Gasteiger charge is -2.23. The van der Waals surface area contributed by atoms with Crippen LogP contribution in [0.25, 0.3) is 0 Å². The molecule has 6 heteroatoms. The average Bonchev–Trinajstić information content (AvgIpc) is 2.75. The van der Waals surface area contributed by atoms with Gasteiger partial charge in [-0.1, -0.05) is 0 Å². The van der Waals surface area contributed by atoms with E-state index in [1.54, 1.807) is 7.11 Å². The molecule has 1 aromatic rings. The normalized spacial score (nSPS) is 19.7. The number of nitrogen functional groups attached to an aromatic ring is 1. The summed E-state index contributed by atoms with van der Waals surface area (Å²) in [7, 11) is 1.63. The molecule has 2 heterocycles. The zero-order valence-electron chi connectivity index (χ0n) is 10.3. The molecule has 1 aliphatic rings. The highest BCUT2D eigenvalue weighted by molar-refractivity contribution is 5.50. The second-order valence-electron chi connectivity index (χ2n) is 4.29. The van der Waals surface area contributed by atoms with E-state index in [4.69, 9.17) is 10.6 Å². The average molecular weight is 237 g/mol. The van der Waals surface area contributed by atoms with Gasteiger partial charge in [0.1, 0.15) is 18.2 Å². The van der Waals surface area contributed by atoms with Crippen molar-refractivity contribution < 1.29 is 4.74 Å². The van der Waals surface area contributed by atoms with Crippen LogP contribution in [0.1, 0.15) is 25.6 Å². The summed E-state index contributed by atoms with van der Waals surface area (Å²) < 4.78 is 5.06. The third kappa shape index (κ3) is 2.65. The molecule has 2 rings (SSSR count). The molecule has 1 aliphatic heterocycles. The number of anilines is 2. The zero-order chi connectivity index (χ0) is 12.3. The number of nitrogens with one attached hydrogen (secondary N) is 1. The number of ether oxygens (including phenoxy) is 1. The number of aromatic nitrogens is 2. The molecule has 0 bridgehead atoms. The third-order valence-electron chi connectivity index (χ3n) is 3.03. The first-order valence-electron chi connectivity index (χ1n) is 5.84. The first-order chi connectivity index (χ1) is 8.24. The van der Waals surface area contributed by atoms with Crippen molar-refractivity contribution in [3.8, 4) is 0 Å². The first kappa shape index (κ1) is 12.1. The number of hydrogen-bond acceptors (Lipinski definition) is 6. The predicted molar refractivity (Wildman–Crippen MR) is 66.6 cm³/mol. The van der Waals surface area contributed by atoms with Crippen molar-refractivity contribution >= 4 is 11.6 Å². The Morgan fingerprint density at radius 3 is 3.00 bits per heavy atom. The van der Waals surface area contributed by atoms with Gasteiger partial charge in [-0.2, -0.15) is 0 Å². The van der Waals surface area contributed by atoms with Crippen LogP contribution < -0.4 is 16.2 Å². The molecule has 0 aromatic carbocycles. The Morgan fingerprint density at radius 1 is 1.59 bits per heavy atom. The van der Waals surface area contributed by atoms with E-state index in [0.29, 0.717) is 24.3 Å². The third-order valence-corrected chi connectivity index (χ3v) is 3.03. The summed E-state index contributed by atoms with van der Waals surface area (Å²) in [5, 5.41) is 0. The van der Waals surface area contributed by atoms with Gasteiger partial charge in [-0.25, -0.2) is 15.8 Å². The Hall–Kier alpha value is -1.40. The molecule has 1 fully saturated rings. The summed E-state index contributed by atoms with van der Waals surface area (Å²) in [6.07, 6.45) is 2.41. The fourth-order valence-electron chi connectivity index (χ4n) is 2.17. The van der Waals surface area contributed by atoms with Crippen LogP contribution in [0.5, 0.6) is 0 Å². The molecule has 6 nitrogen and oxygen atoms in total. The summed E-state index contributed by atoms with van der Waals surface area (Å²) in [5.41, 5.74) is 2.57. The molecular formula is C11H19N5O. The van der Waals surface area contributed by atoms with Crippen molar-refractivity contribution in [2.24, 2.45) is 5.84 Å². The molecule has 1 aromatic heterocycles. The number of methoxy groups -OCH3 is 1. The van der Waals surface area contributed by atoms with E-state index < -0.39 is 0 Å². The zero-order valence-corrected chi connectivity index (χ0v) is 10.3. The van der Waals surface area contributed by atoms with Gasteiger partial charge in [0, 0.05) is 25.8 Å². The minimum Gasteiger partial charge on any atom is -0.377 e. The number of hydrazine groups is 1. The van der Waals surface area contributed by atoms with Gasteiger partial charge >= 0.3 is 0 Å². The van der Waals surface area contributed by atoms with Crippen LogP contribution in [0.3, 0.4) is 0 Å². The Labute approximate surface area is 101 Å². The molecule has 1 unspecified atom stereocenters. The maximum Gasteiger partial charge on any atom is 0.158 e. The second-order valence-corrected chi connectivity index (χ2v) is 4.29. The molecule has 0 radical (unpaired) electrons. The van der Waals surface area contributed by atoms with E-state index in [9.17, 15) is 0 Å². The molecule has 1 atom stereocenters. The molecule has 94 valence electrons. The molecular weight excluding hydrogens is 218 g/mol. The Bertz CT molecular complexity index is 384. The van der Waals surface area contributed by atoms with Crippen LogP contribution in [-0.2, 0) is 11.3 Å². The molecule has 17 heavy (non-hydrogen) atoms. The SMILES string of the molecule is COCc1nc(NN)cc(N2CCCC2C)n1. The quantitative estimate of drug-likeness (QED) is 0.598. The van der Waals surface area contributed by atoms with Crippen molar-refractivity contribution in [2.45, 2.75) is 32.4 Å². The van der Waals surface area contributed by atoms with Gasteiger partial charge in [0.2, 0.25) is 0 Å². The Morgan fingerprint density at radius 2 is 2.41 bits per heavy atom. The molecule has 1 saturated heterocycles. The highest BCUT2D eigenvalue weighted by Gasteiger charge is 2.22. The minimum absolute atomic E-state index is 0.394. The maximum absolute atomic E-state index is 5.42. The van der Waals surface area contributed by atoms with Crippen LogP contribution in [0, 0.1) is 0 Å². The topological polar surface area (TPSA) is 76.3 Å². The Balaban J connectivity index is 2.28. The standard InChI is InChI=1S/C11H19N5O/c1-8-4-3-5-16(8)11-6-9(15-12)13-10(14-11)7-17-2/h6,8H,3-5,7,12H2,1-2H3,(H,13,14,15). The first-order valence-corrected chi connectivity index (χ1v) is 5.84. The van der Waals surface area contributed by atoms with Crippen LogP contribution in [0.15, 0.2) is 6.07 Å². The lowest BCUT2D eigenvalue weighted by atomic mass is 10.2. The number of nitrogens with zero attached hydrogens (tertiary/aromatic N) is 3. The summed E-state index contributed by atoms with van der Waals surface area (Å²) in [5.74, 6) is 7.61. The van der Waals surface area contributed by atoms with Gasteiger partial charge in [-0.15, -0.1) is 0 Å². The summed E-state index contributed by atoms with van der Waals surface area (Å²) >= 11 is 0. The summed E-state index contributed by atoms with van der Waals surface area (Å²) in [4.78, 5) is 11.0. The van der Waals surface area contributed by atoms with E-state index in [0.717, 1.165) is 12.4 Å². The van der Waals surface area contributed by atoms with Gasteiger partial charge in [0.25, 0.3) is 0 Å². The van der Waals surface area contributed by atoms with Crippen LogP contribution >= 0.6 is 0 Å². The van der Waals surface area contributed by atoms with Crippen LogP contribution in [-0.4, -0.2) is 29.7 Å². The van der Waals surface area contributed by atoms with Crippen molar-refractivity contribution in [3.63, 3.8) is 0 Å². The fraction of sp³-hybridized carbons (Fsp3) is 0.636. The van der Waals surface area contributed by atoms with E-state index in [1.807, 2.05) is 6.07 Å². The largest absolute Gasteiger partial charge is 0.377 e. The van der Waals surface area contributed by atoms with Crippen molar-refractivity contribution in [2.75, 3.05) is 24.0 Å². The van der Waals surface area contributed by atoms with Gasteiger partial charge in [0.05, 0.1) is 0 Å². The monoisotopic (exact) mass is 237 g/mol. The Kier molecular flexibility index (Phi) is 3.75. The molecule has 3 N–H and O–H groups in total. The van der Waals surface area contributed by atoms with E-state index in [1.165, 1.54) is 12.8 Å². The molecule has 0 spiro atoms. The highest BCUT2D eigenvalue weighted by atomic mass is 16.5. The number of rotatable bonds is 4. The van der Waals surface area contributed by atoms with E-state index in [-0.39, 0.29) is 0 Å². The van der Waals surface area contributed by atoms with Crippen molar-refractivity contribution in [1.82, 2.24) is 9.97 Å². The van der Waals surface area contributed by atoms with Gasteiger partial charge in [0.15, 0.2) is 5.82 Å². The lowest BCUT2D eigenvalue weighted by molar-refractivity contribution is 0.178. The maximum atomic E-state index is 5.42. The van der Waals surface area contributed by atoms with Crippen molar-refractivity contribution in [1.29, 1.82) is 0 Å². The molecule has 0 amide bonds. The predicted octanol–water partition coefficient (Wildman–Crippen LogP) is 0.897. The highest BCUT2D eigenvalue weighted by Crippen LogP contribution is 2.25. The van der Waals surface area contributed by atoms with Crippen LogP contribution in [0.2, 0.25) is 0 Å². The minimum atomic E-state index is 0.394. The van der Waals surface area contributed by atoms with Crippen LogP contribution in [0.4, 0.5) is 11.6 Å². The fourth-order valence-corrected chi connectivity index (χ4v) is 2.17. The van der Waals surface area contributed by atoms with Gasteiger partial charge < -0.3 is 15.1 Å². The van der Waals surface area contributed by atoms with E-state index >= 15 is 0 Å². The number of hydrogen-bond donors (Lipinski definition) is 2. The van der Waals surface area contributed by atoms with Gasteiger partial charge in [-0.05, 0) is 19.8 Å². The second kappa shape index (κ2) is 5.29. The van der Waals surface area contributed by atoms with Gasteiger partial charge in [-0.3, -0.25) is 0 Å². The van der Waals surface area contributed by atoms with E-state index in [2.05, 4.69) is 27.2 Å². The molecule has 0 saturated carbocycles. The molecule has 0 aliphatic carbocycles. The lowest BCUT2D eigenvalue weighted by Crippen LogP contribution is -2.28. The van der Waals surface area contributed by atoms with Crippen molar-refractivity contribution in [3.05, 3.63) is 11.9 Å². The number of nitrogens with two attached hydrogens (primary N) is 1. The summed E-state index contributed by atoms with van der Waals surface area (Å²) in [6, 6.07) is 2.40. The summed E-state index contributed by atoms with van der Waals surface area (Å²) in [6.45, 7) is 3.64. The smallest absolute Gasteiger partial charge is 0.158 e.